The number of allylic oxidation sites excluding steroid dienone is 1. The average Bonchev–Trinajstić information content (AvgIpc) is 2.93. The zero-order chi connectivity index (χ0) is 22.6. The van der Waals surface area contributed by atoms with Gasteiger partial charge in [-0.25, -0.2) is 13.4 Å². The molecular weight excluding hydrogens is 500 g/mol. The third-order valence-electron chi connectivity index (χ3n) is 5.28. The number of hydrogen-bond donors (Lipinski definition) is 1. The molecule has 1 unspecified atom stereocenters. The number of fused-ring (bicyclic) bond motifs is 3. The molecule has 0 aliphatic carbocycles. The molecule has 4 rings (SSSR count). The number of carboxylic acid groups (broad SMARTS) is 1. The summed E-state index contributed by atoms with van der Waals surface area (Å²) in [6.45, 7) is 0.745. The number of halogens is 1. The Morgan fingerprint density at radius 1 is 1.32 bits per heavy atom. The van der Waals surface area contributed by atoms with Crippen LogP contribution in [0.1, 0.15) is 37.3 Å². The smallest absolute Gasteiger partial charge is 0.304 e. The standard InChI is InChI=1S/C15H18N2O4S.C7H7BrS/c1-22(20,21)13-5-2-6-16-15-11(13)9-12-10(8-14(18)19)4-3-7-17(12)15;1-9-7-4-2-6(8)3-5-7/h2,6,9-10H,3-5,7-8H2,1H3,(H,18,19);2-5H,1H3. The van der Waals surface area contributed by atoms with E-state index in [-0.39, 0.29) is 12.3 Å². The molecule has 0 saturated heterocycles. The molecule has 2 aliphatic rings. The lowest BCUT2D eigenvalue weighted by Crippen LogP contribution is -2.33. The topological polar surface area (TPSA) is 88.7 Å². The highest BCUT2D eigenvalue weighted by molar-refractivity contribution is 9.10. The molecule has 1 atom stereocenters. The number of carboxylic acids is 1. The fraction of sp³-hybridized carbons (Fsp3) is 0.364. The molecule has 1 aromatic heterocycles. The van der Waals surface area contributed by atoms with Crippen molar-refractivity contribution in [2.24, 2.45) is 4.99 Å². The first kappa shape index (κ1) is 23.8. The molecular formula is C22H25BrN2O4S2. The number of thioether (sulfide) groups is 1. The molecule has 0 radical (unpaired) electrons. The third kappa shape index (κ3) is 5.90. The van der Waals surface area contributed by atoms with Crippen molar-refractivity contribution in [1.29, 1.82) is 0 Å². The molecule has 166 valence electrons. The molecule has 31 heavy (non-hydrogen) atoms. The Hall–Kier alpha value is -1.84. The lowest BCUT2D eigenvalue weighted by Gasteiger charge is -2.23. The minimum atomic E-state index is -3.33. The number of aromatic nitrogens is 1. The summed E-state index contributed by atoms with van der Waals surface area (Å²) in [7, 11) is -3.33. The van der Waals surface area contributed by atoms with Gasteiger partial charge in [0, 0.05) is 51.6 Å². The first-order valence-electron chi connectivity index (χ1n) is 9.87. The van der Waals surface area contributed by atoms with Crippen molar-refractivity contribution in [2.75, 3.05) is 12.5 Å². The van der Waals surface area contributed by atoms with Crippen molar-refractivity contribution in [3.63, 3.8) is 0 Å². The van der Waals surface area contributed by atoms with Gasteiger partial charge in [-0.1, -0.05) is 22.0 Å². The number of nitrogens with zero attached hydrogens (tertiary/aromatic N) is 2. The first-order chi connectivity index (χ1) is 14.7. The van der Waals surface area contributed by atoms with E-state index in [0.717, 1.165) is 29.6 Å². The maximum absolute atomic E-state index is 12.1. The zero-order valence-corrected chi connectivity index (χ0v) is 20.6. The van der Waals surface area contributed by atoms with Crippen LogP contribution in [0, 0.1) is 0 Å². The van der Waals surface area contributed by atoms with Crippen LogP contribution in [-0.2, 0) is 21.2 Å². The Morgan fingerprint density at radius 2 is 2.03 bits per heavy atom. The van der Waals surface area contributed by atoms with Gasteiger partial charge in [-0.05, 0) is 49.4 Å². The largest absolute Gasteiger partial charge is 0.481 e. The number of aliphatic carboxylic acids is 1. The van der Waals surface area contributed by atoms with Crippen molar-refractivity contribution >= 4 is 48.4 Å². The predicted molar refractivity (Wildman–Crippen MR) is 127 cm³/mol. The van der Waals surface area contributed by atoms with Gasteiger partial charge in [0.05, 0.1) is 11.3 Å². The third-order valence-corrected chi connectivity index (χ3v) is 7.83. The summed E-state index contributed by atoms with van der Waals surface area (Å²) >= 11 is 5.12. The van der Waals surface area contributed by atoms with Crippen LogP contribution in [-0.4, -0.2) is 36.6 Å². The minimum absolute atomic E-state index is 0.0624. The molecule has 0 saturated carbocycles. The second kappa shape index (κ2) is 10.2. The maximum Gasteiger partial charge on any atom is 0.304 e. The van der Waals surface area contributed by atoms with Crippen LogP contribution in [0.3, 0.4) is 0 Å². The molecule has 1 N–H and O–H groups in total. The molecule has 0 fully saturated rings. The molecule has 6 nitrogen and oxygen atoms in total. The van der Waals surface area contributed by atoms with Gasteiger partial charge < -0.3 is 9.67 Å². The maximum atomic E-state index is 12.1. The number of hydrogen-bond acceptors (Lipinski definition) is 5. The van der Waals surface area contributed by atoms with Crippen molar-refractivity contribution in [2.45, 2.75) is 43.0 Å². The summed E-state index contributed by atoms with van der Waals surface area (Å²) < 4.78 is 27.2. The summed E-state index contributed by atoms with van der Waals surface area (Å²) in [5.74, 6) is -0.919. The van der Waals surface area contributed by atoms with E-state index in [0.29, 0.717) is 22.0 Å². The minimum Gasteiger partial charge on any atom is -0.481 e. The van der Waals surface area contributed by atoms with E-state index in [2.05, 4.69) is 39.3 Å². The van der Waals surface area contributed by atoms with E-state index in [4.69, 9.17) is 5.11 Å². The van der Waals surface area contributed by atoms with E-state index >= 15 is 0 Å². The van der Waals surface area contributed by atoms with Gasteiger partial charge in [0.25, 0.3) is 0 Å². The summed E-state index contributed by atoms with van der Waals surface area (Å²) in [5.41, 5.74) is 1.53. The Morgan fingerprint density at radius 3 is 2.65 bits per heavy atom. The highest BCUT2D eigenvalue weighted by Gasteiger charge is 2.26. The Bertz CT molecular complexity index is 1220. The SMILES string of the molecule is CS(=O)(=O)C1=c2cc3n(c2=NC=CC1)CCCC3CC(=O)O.CSc1ccc(Br)cc1. The lowest BCUT2D eigenvalue weighted by molar-refractivity contribution is -0.137. The zero-order valence-electron chi connectivity index (χ0n) is 17.4. The molecule has 2 aliphatic heterocycles. The molecule has 0 bridgehead atoms. The number of carbonyl (C=O) groups is 1. The highest BCUT2D eigenvalue weighted by Crippen LogP contribution is 2.28. The molecule has 3 heterocycles. The van der Waals surface area contributed by atoms with Crippen LogP contribution in [0.25, 0.3) is 4.91 Å². The number of rotatable bonds is 4. The Labute approximate surface area is 194 Å². The van der Waals surface area contributed by atoms with Gasteiger partial charge in [-0.3, -0.25) is 4.79 Å². The van der Waals surface area contributed by atoms with Crippen LogP contribution in [0.2, 0.25) is 0 Å². The summed E-state index contributed by atoms with van der Waals surface area (Å²) in [6.07, 6.45) is 8.71. The quantitative estimate of drug-likeness (QED) is 0.616. The predicted octanol–water partition coefficient (Wildman–Crippen LogP) is 3.70. The Kier molecular flexibility index (Phi) is 7.82. The van der Waals surface area contributed by atoms with Gasteiger partial charge in [0.2, 0.25) is 0 Å². The highest BCUT2D eigenvalue weighted by atomic mass is 79.9. The molecule has 9 heteroatoms. The van der Waals surface area contributed by atoms with E-state index in [1.807, 2.05) is 22.8 Å². The van der Waals surface area contributed by atoms with Gasteiger partial charge in [-0.15, -0.1) is 11.8 Å². The van der Waals surface area contributed by atoms with Crippen LogP contribution in [0.15, 0.2) is 57.0 Å². The molecule has 2 aromatic rings. The second-order valence-electron chi connectivity index (χ2n) is 7.47. The second-order valence-corrected chi connectivity index (χ2v) is 11.3. The monoisotopic (exact) mass is 524 g/mol. The normalized spacial score (nSPS) is 17.5. The summed E-state index contributed by atoms with van der Waals surface area (Å²) in [6, 6.07) is 10.1. The fourth-order valence-corrected chi connectivity index (χ4v) is 5.47. The van der Waals surface area contributed by atoms with Crippen molar-refractivity contribution in [1.82, 2.24) is 4.57 Å². The molecule has 0 spiro atoms. The van der Waals surface area contributed by atoms with Crippen LogP contribution >= 0.6 is 27.7 Å². The fourth-order valence-electron chi connectivity index (χ4n) is 3.85. The van der Waals surface area contributed by atoms with Gasteiger partial charge in [0.1, 0.15) is 5.49 Å². The van der Waals surface area contributed by atoms with Crippen LogP contribution in [0.5, 0.6) is 0 Å². The Balaban J connectivity index is 0.000000254. The van der Waals surface area contributed by atoms with E-state index in [1.165, 1.54) is 11.2 Å². The van der Waals surface area contributed by atoms with Crippen LogP contribution < -0.4 is 10.7 Å². The van der Waals surface area contributed by atoms with Crippen molar-refractivity contribution < 1.29 is 18.3 Å². The number of benzene rings is 1. The van der Waals surface area contributed by atoms with Crippen molar-refractivity contribution in [3.05, 3.63) is 63.5 Å². The summed E-state index contributed by atoms with van der Waals surface area (Å²) in [4.78, 5) is 17.1. The van der Waals surface area contributed by atoms with Gasteiger partial charge in [0.15, 0.2) is 9.84 Å². The summed E-state index contributed by atoms with van der Waals surface area (Å²) in [5, 5.41) is 9.70. The van der Waals surface area contributed by atoms with Gasteiger partial charge >= 0.3 is 5.97 Å². The number of sulfone groups is 1. The molecule has 1 aromatic carbocycles. The van der Waals surface area contributed by atoms with E-state index < -0.39 is 15.8 Å². The van der Waals surface area contributed by atoms with E-state index in [9.17, 15) is 13.2 Å². The van der Waals surface area contributed by atoms with Crippen LogP contribution in [0.4, 0.5) is 0 Å². The average molecular weight is 525 g/mol. The van der Waals surface area contributed by atoms with Crippen molar-refractivity contribution in [3.8, 4) is 0 Å². The lowest BCUT2D eigenvalue weighted by atomic mass is 9.93. The molecule has 0 amide bonds. The first-order valence-corrected chi connectivity index (χ1v) is 13.8. The van der Waals surface area contributed by atoms with Gasteiger partial charge in [-0.2, -0.15) is 0 Å². The van der Waals surface area contributed by atoms with E-state index in [1.54, 1.807) is 24.0 Å².